The Balaban J connectivity index is 2.39. The van der Waals surface area contributed by atoms with Gasteiger partial charge in [-0.15, -0.1) is 0 Å². The van der Waals surface area contributed by atoms with Gasteiger partial charge >= 0.3 is 0 Å². The van der Waals surface area contributed by atoms with Gasteiger partial charge < -0.3 is 0 Å². The van der Waals surface area contributed by atoms with E-state index in [1.807, 2.05) is 24.3 Å². The molecule has 0 saturated heterocycles. The van der Waals surface area contributed by atoms with E-state index in [0.29, 0.717) is 4.90 Å². The Kier molecular flexibility index (Phi) is 2.16. The molecule has 4 aromatic rings. The van der Waals surface area contributed by atoms with Crippen LogP contribution in [0, 0.1) is 0 Å². The predicted molar refractivity (Wildman–Crippen MR) is 83.3 cm³/mol. The highest BCUT2D eigenvalue weighted by Crippen LogP contribution is 2.36. The largest absolute Gasteiger partial charge is 0.224 e. The summed E-state index contributed by atoms with van der Waals surface area (Å²) in [7, 11) is -3.23. The normalized spacial score (nSPS) is 12.7. The van der Waals surface area contributed by atoms with Crippen LogP contribution in [0.3, 0.4) is 0 Å². The molecule has 0 atom stereocenters. The molecule has 4 rings (SSSR count). The Labute approximate surface area is 116 Å². The van der Waals surface area contributed by atoms with Crippen LogP contribution in [0.4, 0.5) is 0 Å². The van der Waals surface area contributed by atoms with E-state index in [1.165, 1.54) is 6.26 Å². The van der Waals surface area contributed by atoms with Crippen molar-refractivity contribution in [1.29, 1.82) is 0 Å². The van der Waals surface area contributed by atoms with E-state index in [-0.39, 0.29) is 0 Å². The van der Waals surface area contributed by atoms with Crippen LogP contribution in [0.15, 0.2) is 59.5 Å². The van der Waals surface area contributed by atoms with E-state index in [0.717, 1.165) is 32.3 Å². The second kappa shape index (κ2) is 3.70. The monoisotopic (exact) mass is 280 g/mol. The zero-order valence-corrected chi connectivity index (χ0v) is 11.7. The molecule has 0 radical (unpaired) electrons. The van der Waals surface area contributed by atoms with Gasteiger partial charge in [-0.05, 0) is 33.0 Å². The highest BCUT2D eigenvalue weighted by Gasteiger charge is 2.15. The maximum atomic E-state index is 12.0. The van der Waals surface area contributed by atoms with Crippen molar-refractivity contribution in [3.63, 3.8) is 0 Å². The number of sulfone groups is 1. The highest BCUT2D eigenvalue weighted by molar-refractivity contribution is 7.91. The van der Waals surface area contributed by atoms with Crippen molar-refractivity contribution in [3.05, 3.63) is 54.6 Å². The molecule has 0 saturated carbocycles. The number of benzene rings is 4. The lowest BCUT2D eigenvalue weighted by molar-refractivity contribution is 0.603. The van der Waals surface area contributed by atoms with E-state index in [1.54, 1.807) is 6.07 Å². The van der Waals surface area contributed by atoms with Crippen LogP contribution in [-0.2, 0) is 9.84 Å². The van der Waals surface area contributed by atoms with E-state index >= 15 is 0 Å². The Morgan fingerprint density at radius 1 is 0.700 bits per heavy atom. The van der Waals surface area contributed by atoms with Crippen LogP contribution in [0.2, 0.25) is 0 Å². The van der Waals surface area contributed by atoms with Gasteiger partial charge in [0.1, 0.15) is 0 Å². The first kappa shape index (κ1) is 11.7. The van der Waals surface area contributed by atoms with Crippen molar-refractivity contribution in [1.82, 2.24) is 0 Å². The summed E-state index contributed by atoms with van der Waals surface area (Å²) >= 11 is 0. The molecule has 0 aromatic heterocycles. The molecule has 3 heteroatoms. The number of hydrogen-bond donors (Lipinski definition) is 0. The summed E-state index contributed by atoms with van der Waals surface area (Å²) in [5.41, 5.74) is 0. The van der Waals surface area contributed by atoms with Crippen LogP contribution >= 0.6 is 0 Å². The summed E-state index contributed by atoms with van der Waals surface area (Å²) in [5, 5.41) is 6.38. The van der Waals surface area contributed by atoms with Gasteiger partial charge in [0, 0.05) is 11.6 Å². The molecule has 0 aliphatic rings. The highest BCUT2D eigenvalue weighted by atomic mass is 32.2. The van der Waals surface area contributed by atoms with E-state index in [2.05, 4.69) is 24.3 Å². The van der Waals surface area contributed by atoms with Crippen molar-refractivity contribution in [2.24, 2.45) is 0 Å². The summed E-state index contributed by atoms with van der Waals surface area (Å²) < 4.78 is 24.0. The molecule has 0 fully saturated rings. The summed E-state index contributed by atoms with van der Waals surface area (Å²) in [5.74, 6) is 0. The lowest BCUT2D eigenvalue weighted by atomic mass is 9.94. The smallest absolute Gasteiger partial charge is 0.176 e. The Morgan fingerprint density at radius 3 is 1.90 bits per heavy atom. The molecule has 0 amide bonds. The average Bonchev–Trinajstić information content (AvgIpc) is 2.43. The number of hydrogen-bond acceptors (Lipinski definition) is 2. The van der Waals surface area contributed by atoms with Gasteiger partial charge in [0.05, 0.1) is 4.90 Å². The maximum Gasteiger partial charge on any atom is 0.176 e. The lowest BCUT2D eigenvalue weighted by Gasteiger charge is -2.12. The van der Waals surface area contributed by atoms with E-state index in [9.17, 15) is 8.42 Å². The molecule has 0 aliphatic carbocycles. The van der Waals surface area contributed by atoms with Gasteiger partial charge in [0.25, 0.3) is 0 Å². The molecule has 0 heterocycles. The molecule has 4 aromatic carbocycles. The van der Waals surface area contributed by atoms with Crippen LogP contribution < -0.4 is 0 Å². The first-order valence-electron chi connectivity index (χ1n) is 6.42. The summed E-state index contributed by atoms with van der Waals surface area (Å²) in [4.78, 5) is 0.406. The fraction of sp³-hybridized carbons (Fsp3) is 0.0588. The van der Waals surface area contributed by atoms with Crippen molar-refractivity contribution >= 4 is 42.2 Å². The van der Waals surface area contributed by atoms with E-state index in [4.69, 9.17) is 0 Å². The fourth-order valence-electron chi connectivity index (χ4n) is 3.03. The second-order valence-electron chi connectivity index (χ2n) is 5.19. The van der Waals surface area contributed by atoms with Gasteiger partial charge in [0.2, 0.25) is 0 Å². The molecular formula is C17H12O2S. The summed E-state index contributed by atoms with van der Waals surface area (Å²) in [6.07, 6.45) is 1.26. The minimum absolute atomic E-state index is 0.406. The first-order chi connectivity index (χ1) is 9.55. The first-order valence-corrected chi connectivity index (χ1v) is 8.31. The fourth-order valence-corrected chi connectivity index (χ4v) is 3.92. The zero-order chi connectivity index (χ0) is 13.9. The molecule has 2 nitrogen and oxygen atoms in total. The van der Waals surface area contributed by atoms with Gasteiger partial charge in [0.15, 0.2) is 9.84 Å². The minimum Gasteiger partial charge on any atom is -0.224 e. The molecule has 0 unspecified atom stereocenters. The third-order valence-electron chi connectivity index (χ3n) is 3.89. The third-order valence-corrected chi connectivity index (χ3v) is 5.04. The Bertz CT molecular complexity index is 1050. The topological polar surface area (TPSA) is 34.1 Å². The van der Waals surface area contributed by atoms with Crippen LogP contribution in [0.5, 0.6) is 0 Å². The van der Waals surface area contributed by atoms with Crippen molar-refractivity contribution in [2.45, 2.75) is 4.90 Å². The Morgan fingerprint density at radius 2 is 1.25 bits per heavy atom. The van der Waals surface area contributed by atoms with Gasteiger partial charge in [-0.1, -0.05) is 48.5 Å². The third kappa shape index (κ3) is 1.47. The van der Waals surface area contributed by atoms with Crippen molar-refractivity contribution in [2.75, 3.05) is 6.26 Å². The quantitative estimate of drug-likeness (QED) is 0.494. The standard InChI is InChI=1S/C17H12O2S/c1-20(18,19)15-10-8-13-6-5-11-3-2-4-12-7-9-14(15)17(13)16(11)12/h2-10H,1H3. The minimum atomic E-state index is -3.23. The Hall–Kier alpha value is -2.13. The van der Waals surface area contributed by atoms with Crippen molar-refractivity contribution < 1.29 is 8.42 Å². The maximum absolute atomic E-state index is 12.0. The van der Waals surface area contributed by atoms with Crippen LogP contribution in [-0.4, -0.2) is 14.7 Å². The van der Waals surface area contributed by atoms with Crippen LogP contribution in [0.25, 0.3) is 32.3 Å². The molecule has 0 spiro atoms. The van der Waals surface area contributed by atoms with Crippen molar-refractivity contribution in [3.8, 4) is 0 Å². The molecule has 20 heavy (non-hydrogen) atoms. The van der Waals surface area contributed by atoms with Gasteiger partial charge in [-0.2, -0.15) is 0 Å². The predicted octanol–water partition coefficient (Wildman–Crippen LogP) is 3.99. The second-order valence-corrected chi connectivity index (χ2v) is 7.18. The summed E-state index contributed by atoms with van der Waals surface area (Å²) in [6.45, 7) is 0. The SMILES string of the molecule is CS(=O)(=O)c1ccc2ccc3cccc4ccc1c2c34. The number of rotatable bonds is 1. The molecular weight excluding hydrogens is 268 g/mol. The zero-order valence-electron chi connectivity index (χ0n) is 10.9. The van der Waals surface area contributed by atoms with Gasteiger partial charge in [-0.25, -0.2) is 8.42 Å². The average molecular weight is 280 g/mol. The molecule has 98 valence electrons. The lowest BCUT2D eigenvalue weighted by Crippen LogP contribution is -1.98. The van der Waals surface area contributed by atoms with Gasteiger partial charge in [-0.3, -0.25) is 0 Å². The molecule has 0 aliphatic heterocycles. The molecule has 0 N–H and O–H groups in total. The van der Waals surface area contributed by atoms with Crippen LogP contribution in [0.1, 0.15) is 0 Å². The molecule has 0 bridgehead atoms. The van der Waals surface area contributed by atoms with E-state index < -0.39 is 9.84 Å². The summed E-state index contributed by atoms with van der Waals surface area (Å²) in [6, 6.07) is 17.8.